The average Bonchev–Trinajstić information content (AvgIpc) is 2.62. The fourth-order valence-electron chi connectivity index (χ4n) is 1.48. The van der Waals surface area contributed by atoms with Crippen molar-refractivity contribution in [2.45, 2.75) is 37.9 Å². The third-order valence-electron chi connectivity index (χ3n) is 2.28. The van der Waals surface area contributed by atoms with Gasteiger partial charge in [0, 0.05) is 6.42 Å². The zero-order valence-electron chi connectivity index (χ0n) is 8.06. The minimum absolute atomic E-state index is 0.116. The molecule has 1 N–H and O–H groups in total. The van der Waals surface area contributed by atoms with Crippen LogP contribution in [0.15, 0.2) is 0 Å². The Balaban J connectivity index is 2.22. The molecule has 0 aromatic rings. The smallest absolute Gasteiger partial charge is 0.332 e. The zero-order valence-corrected chi connectivity index (χ0v) is 8.06. The third-order valence-corrected chi connectivity index (χ3v) is 2.28. The molecule has 1 rings (SSSR count). The summed E-state index contributed by atoms with van der Waals surface area (Å²) in [6.07, 6.45) is 1.24. The highest BCUT2D eigenvalue weighted by atomic mass is 16.5. The number of methoxy groups -OCH3 is 1. The van der Waals surface area contributed by atoms with Crippen molar-refractivity contribution in [1.29, 1.82) is 0 Å². The Bertz CT molecular complexity index is 225. The van der Waals surface area contributed by atoms with Gasteiger partial charge in [-0.1, -0.05) is 0 Å². The van der Waals surface area contributed by atoms with Gasteiger partial charge in [-0.2, -0.15) is 0 Å². The van der Waals surface area contributed by atoms with Crippen LogP contribution in [0.5, 0.6) is 0 Å². The van der Waals surface area contributed by atoms with Crippen molar-refractivity contribution in [2.24, 2.45) is 0 Å². The van der Waals surface area contributed by atoms with Crippen LogP contribution in [-0.2, 0) is 19.1 Å². The number of aliphatic carboxylic acids is 1. The Kier molecular flexibility index (Phi) is 3.88. The highest BCUT2D eigenvalue weighted by Crippen LogP contribution is 2.23. The minimum Gasteiger partial charge on any atom is -0.479 e. The second-order valence-corrected chi connectivity index (χ2v) is 3.28. The van der Waals surface area contributed by atoms with Gasteiger partial charge >= 0.3 is 11.9 Å². The van der Waals surface area contributed by atoms with E-state index in [2.05, 4.69) is 4.74 Å². The molecule has 0 bridgehead atoms. The van der Waals surface area contributed by atoms with Gasteiger partial charge in [0.05, 0.1) is 13.2 Å². The first-order valence-electron chi connectivity index (χ1n) is 4.58. The second kappa shape index (κ2) is 4.95. The monoisotopic (exact) mass is 202 g/mol. The van der Waals surface area contributed by atoms with Crippen LogP contribution in [0.2, 0.25) is 0 Å². The number of carboxylic acid groups (broad SMARTS) is 1. The van der Waals surface area contributed by atoms with Crippen molar-refractivity contribution in [3.63, 3.8) is 0 Å². The van der Waals surface area contributed by atoms with Gasteiger partial charge < -0.3 is 14.6 Å². The summed E-state index contributed by atoms with van der Waals surface area (Å²) in [5, 5.41) is 8.64. The van der Waals surface area contributed by atoms with Crippen LogP contribution < -0.4 is 0 Å². The second-order valence-electron chi connectivity index (χ2n) is 3.28. The topological polar surface area (TPSA) is 72.8 Å². The maximum absolute atomic E-state index is 10.8. The Morgan fingerprint density at radius 2 is 2.21 bits per heavy atom. The van der Waals surface area contributed by atoms with E-state index in [1.54, 1.807) is 0 Å². The van der Waals surface area contributed by atoms with Crippen LogP contribution in [0, 0.1) is 0 Å². The molecule has 0 aromatic carbocycles. The van der Waals surface area contributed by atoms with Crippen LogP contribution in [0.4, 0.5) is 0 Å². The lowest BCUT2D eigenvalue weighted by molar-refractivity contribution is -0.149. The lowest BCUT2D eigenvalue weighted by Gasteiger charge is -2.09. The van der Waals surface area contributed by atoms with Gasteiger partial charge in [0.2, 0.25) is 0 Å². The Hall–Kier alpha value is -1.10. The van der Waals surface area contributed by atoms with Crippen molar-refractivity contribution in [2.75, 3.05) is 7.11 Å². The fourth-order valence-corrected chi connectivity index (χ4v) is 1.48. The summed E-state index contributed by atoms with van der Waals surface area (Å²) in [4.78, 5) is 21.3. The molecule has 0 spiro atoms. The van der Waals surface area contributed by atoms with Crippen molar-refractivity contribution in [3.05, 3.63) is 0 Å². The summed E-state index contributed by atoms with van der Waals surface area (Å²) >= 11 is 0. The van der Waals surface area contributed by atoms with E-state index in [4.69, 9.17) is 9.84 Å². The van der Waals surface area contributed by atoms with Crippen molar-refractivity contribution < 1.29 is 24.2 Å². The summed E-state index contributed by atoms with van der Waals surface area (Å²) in [6, 6.07) is 0. The van der Waals surface area contributed by atoms with Crippen LogP contribution in [0.25, 0.3) is 0 Å². The molecule has 1 aliphatic rings. The predicted octanol–water partition coefficient (Wildman–Crippen LogP) is 0.572. The van der Waals surface area contributed by atoms with Crippen molar-refractivity contribution in [1.82, 2.24) is 0 Å². The van der Waals surface area contributed by atoms with E-state index in [0.29, 0.717) is 19.3 Å². The summed E-state index contributed by atoms with van der Waals surface area (Å²) < 4.78 is 9.68. The Morgan fingerprint density at radius 3 is 2.71 bits per heavy atom. The molecular formula is C9H14O5. The van der Waals surface area contributed by atoms with Crippen LogP contribution in [0.1, 0.15) is 25.7 Å². The maximum Gasteiger partial charge on any atom is 0.332 e. The Morgan fingerprint density at radius 1 is 1.50 bits per heavy atom. The van der Waals surface area contributed by atoms with Crippen molar-refractivity contribution >= 4 is 11.9 Å². The summed E-state index contributed by atoms with van der Waals surface area (Å²) in [5.41, 5.74) is 0. The zero-order chi connectivity index (χ0) is 10.6. The van der Waals surface area contributed by atoms with Crippen molar-refractivity contribution in [3.8, 4) is 0 Å². The van der Waals surface area contributed by atoms with Gasteiger partial charge in [0.25, 0.3) is 0 Å². The van der Waals surface area contributed by atoms with E-state index >= 15 is 0 Å². The molecule has 0 unspecified atom stereocenters. The number of ether oxygens (including phenoxy) is 2. The summed E-state index contributed by atoms with van der Waals surface area (Å²) in [6.45, 7) is 0. The summed E-state index contributed by atoms with van der Waals surface area (Å²) in [7, 11) is 1.33. The molecule has 0 aliphatic carbocycles. The molecule has 5 nitrogen and oxygen atoms in total. The molecule has 14 heavy (non-hydrogen) atoms. The first-order chi connectivity index (χ1) is 6.63. The molecule has 1 heterocycles. The van der Waals surface area contributed by atoms with Gasteiger partial charge in [0.15, 0.2) is 6.10 Å². The van der Waals surface area contributed by atoms with Gasteiger partial charge in [-0.25, -0.2) is 4.79 Å². The molecule has 0 aromatic heterocycles. The third kappa shape index (κ3) is 2.99. The molecule has 2 atom stereocenters. The first-order valence-corrected chi connectivity index (χ1v) is 4.58. The highest BCUT2D eigenvalue weighted by molar-refractivity contribution is 5.72. The number of hydrogen-bond acceptors (Lipinski definition) is 4. The minimum atomic E-state index is -0.925. The van der Waals surface area contributed by atoms with Crippen LogP contribution in [0.3, 0.4) is 0 Å². The quantitative estimate of drug-likeness (QED) is 0.675. The number of rotatable bonds is 4. The Labute approximate surface area is 82.0 Å². The van der Waals surface area contributed by atoms with E-state index in [1.807, 2.05) is 0 Å². The highest BCUT2D eigenvalue weighted by Gasteiger charge is 2.30. The fraction of sp³-hybridized carbons (Fsp3) is 0.778. The molecule has 0 saturated carbocycles. The normalized spacial score (nSPS) is 26.1. The lowest BCUT2D eigenvalue weighted by Crippen LogP contribution is -2.20. The SMILES string of the molecule is COC(=O)CC[C@H]1CC[C@@H](C(=O)O)O1. The number of carboxylic acids is 1. The number of carbonyl (C=O) groups is 2. The largest absolute Gasteiger partial charge is 0.479 e. The molecule has 1 saturated heterocycles. The molecule has 80 valence electrons. The molecule has 1 fully saturated rings. The molecular weight excluding hydrogens is 188 g/mol. The van der Waals surface area contributed by atoms with Gasteiger partial charge in [-0.05, 0) is 19.3 Å². The van der Waals surface area contributed by atoms with E-state index in [1.165, 1.54) is 7.11 Å². The standard InChI is InChI=1S/C9H14O5/c1-13-8(10)5-3-6-2-4-7(14-6)9(11)12/h6-7H,2-5H2,1H3,(H,11,12)/t6-,7+/m1/s1. The van der Waals surface area contributed by atoms with E-state index in [0.717, 1.165) is 0 Å². The number of hydrogen-bond donors (Lipinski definition) is 1. The van der Waals surface area contributed by atoms with E-state index in [-0.39, 0.29) is 18.5 Å². The van der Waals surface area contributed by atoms with Gasteiger partial charge in [-0.15, -0.1) is 0 Å². The molecule has 5 heteroatoms. The van der Waals surface area contributed by atoms with Gasteiger partial charge in [-0.3, -0.25) is 4.79 Å². The van der Waals surface area contributed by atoms with Gasteiger partial charge in [0.1, 0.15) is 0 Å². The predicted molar refractivity (Wildman–Crippen MR) is 46.8 cm³/mol. The first kappa shape index (κ1) is 11.0. The van der Waals surface area contributed by atoms with E-state index in [9.17, 15) is 9.59 Å². The number of carbonyl (C=O) groups excluding carboxylic acids is 1. The van der Waals surface area contributed by atoms with E-state index < -0.39 is 12.1 Å². The average molecular weight is 202 g/mol. The lowest BCUT2D eigenvalue weighted by atomic mass is 10.1. The number of esters is 1. The summed E-state index contributed by atoms with van der Waals surface area (Å²) in [5.74, 6) is -1.21. The molecule has 1 aliphatic heterocycles. The molecule has 0 radical (unpaired) electrons. The molecule has 0 amide bonds. The maximum atomic E-state index is 10.8. The van der Waals surface area contributed by atoms with Crippen LogP contribution in [-0.4, -0.2) is 36.4 Å². The van der Waals surface area contributed by atoms with Crippen LogP contribution >= 0.6 is 0 Å².